The lowest BCUT2D eigenvalue weighted by molar-refractivity contribution is 0.0994. The average Bonchev–Trinajstić information content (AvgIpc) is 3.07. The second kappa shape index (κ2) is 4.29. The number of para-hydroxylation sites is 1. The van der Waals surface area contributed by atoms with Crippen molar-refractivity contribution in [2.75, 3.05) is 0 Å². The Morgan fingerprint density at radius 3 is 2.67 bits per heavy atom. The maximum Gasteiger partial charge on any atom is 0.269 e. The predicted molar refractivity (Wildman–Crippen MR) is 68.5 cm³/mol. The van der Waals surface area contributed by atoms with Gasteiger partial charge in [0.25, 0.3) is 5.91 Å². The van der Waals surface area contributed by atoms with Crippen LogP contribution >= 0.6 is 0 Å². The van der Waals surface area contributed by atoms with Gasteiger partial charge >= 0.3 is 0 Å². The molecule has 4 nitrogen and oxygen atoms in total. The molecule has 0 radical (unpaired) electrons. The van der Waals surface area contributed by atoms with Crippen molar-refractivity contribution in [2.24, 2.45) is 11.7 Å². The molecule has 1 aliphatic carbocycles. The van der Waals surface area contributed by atoms with E-state index in [1.807, 2.05) is 36.5 Å². The largest absolute Gasteiger partial charge is 0.364 e. The van der Waals surface area contributed by atoms with E-state index in [1.54, 1.807) is 4.68 Å². The third-order valence-electron chi connectivity index (χ3n) is 3.25. The highest BCUT2D eigenvalue weighted by Crippen LogP contribution is 2.33. The Morgan fingerprint density at radius 1 is 1.33 bits per heavy atom. The van der Waals surface area contributed by atoms with Gasteiger partial charge in [0.05, 0.1) is 5.69 Å². The number of amides is 1. The van der Waals surface area contributed by atoms with Crippen molar-refractivity contribution in [3.63, 3.8) is 0 Å². The van der Waals surface area contributed by atoms with Crippen molar-refractivity contribution in [2.45, 2.75) is 19.3 Å². The third kappa shape index (κ3) is 2.14. The van der Waals surface area contributed by atoms with E-state index in [4.69, 9.17) is 5.73 Å². The van der Waals surface area contributed by atoms with E-state index in [1.165, 1.54) is 12.8 Å². The molecule has 92 valence electrons. The van der Waals surface area contributed by atoms with Crippen LogP contribution in [0.4, 0.5) is 0 Å². The Hall–Kier alpha value is -2.10. The highest BCUT2D eigenvalue weighted by Gasteiger charge is 2.25. The third-order valence-corrected chi connectivity index (χ3v) is 3.25. The smallest absolute Gasteiger partial charge is 0.269 e. The Bertz CT molecular complexity index is 570. The predicted octanol–water partition coefficient (Wildman–Crippen LogP) is 1.92. The van der Waals surface area contributed by atoms with Crippen LogP contribution in [0.15, 0.2) is 36.5 Å². The molecular formula is C14H15N3O. The molecular weight excluding hydrogens is 226 g/mol. The minimum absolute atomic E-state index is 0.408. The molecule has 2 aromatic rings. The van der Waals surface area contributed by atoms with Crippen LogP contribution < -0.4 is 5.73 Å². The fourth-order valence-corrected chi connectivity index (χ4v) is 2.11. The van der Waals surface area contributed by atoms with E-state index in [0.29, 0.717) is 11.6 Å². The van der Waals surface area contributed by atoms with Crippen LogP contribution in [0.1, 0.15) is 28.9 Å². The van der Waals surface area contributed by atoms with Crippen LogP contribution in [-0.4, -0.2) is 15.7 Å². The fourth-order valence-electron chi connectivity index (χ4n) is 2.11. The van der Waals surface area contributed by atoms with Crippen LogP contribution in [0, 0.1) is 5.92 Å². The summed E-state index contributed by atoms with van der Waals surface area (Å²) in [5.41, 5.74) is 7.71. The summed E-state index contributed by atoms with van der Waals surface area (Å²) < 4.78 is 1.73. The van der Waals surface area contributed by atoms with Crippen LogP contribution in [0.3, 0.4) is 0 Å². The van der Waals surface area contributed by atoms with Gasteiger partial charge in [0.2, 0.25) is 0 Å². The maximum atomic E-state index is 11.4. The number of carbonyl (C=O) groups is 1. The molecule has 1 aliphatic rings. The van der Waals surface area contributed by atoms with Gasteiger partial charge in [-0.15, -0.1) is 0 Å². The molecule has 1 aromatic carbocycles. The summed E-state index contributed by atoms with van der Waals surface area (Å²) in [5.74, 6) is 0.261. The van der Waals surface area contributed by atoms with Gasteiger partial charge in [-0.3, -0.25) is 4.79 Å². The summed E-state index contributed by atoms with van der Waals surface area (Å²) in [7, 11) is 0. The Balaban J connectivity index is 1.98. The van der Waals surface area contributed by atoms with Gasteiger partial charge in [-0.1, -0.05) is 18.2 Å². The topological polar surface area (TPSA) is 60.9 Å². The molecule has 1 heterocycles. The van der Waals surface area contributed by atoms with E-state index >= 15 is 0 Å². The van der Waals surface area contributed by atoms with Crippen LogP contribution in [0.25, 0.3) is 5.69 Å². The van der Waals surface area contributed by atoms with E-state index < -0.39 is 5.91 Å². The van der Waals surface area contributed by atoms with Crippen molar-refractivity contribution < 1.29 is 4.79 Å². The molecule has 0 unspecified atom stereocenters. The SMILES string of the molecule is NC(=O)c1nn(-c2ccccc2)cc1CC1CC1. The summed E-state index contributed by atoms with van der Waals surface area (Å²) >= 11 is 0. The quantitative estimate of drug-likeness (QED) is 0.889. The molecule has 3 rings (SSSR count). The number of hydrogen-bond acceptors (Lipinski definition) is 2. The molecule has 1 saturated carbocycles. The number of aromatic nitrogens is 2. The lowest BCUT2D eigenvalue weighted by atomic mass is 10.1. The van der Waals surface area contributed by atoms with Crippen LogP contribution in [0.2, 0.25) is 0 Å². The van der Waals surface area contributed by atoms with E-state index in [2.05, 4.69) is 5.10 Å². The zero-order valence-corrected chi connectivity index (χ0v) is 10.0. The summed E-state index contributed by atoms with van der Waals surface area (Å²) in [4.78, 5) is 11.4. The molecule has 0 spiro atoms. The molecule has 18 heavy (non-hydrogen) atoms. The highest BCUT2D eigenvalue weighted by molar-refractivity contribution is 5.92. The van der Waals surface area contributed by atoms with Gasteiger partial charge < -0.3 is 5.73 Å². The van der Waals surface area contributed by atoms with E-state index in [-0.39, 0.29) is 0 Å². The second-order valence-corrected chi connectivity index (χ2v) is 4.79. The Kier molecular flexibility index (Phi) is 2.63. The fraction of sp³-hybridized carbons (Fsp3) is 0.286. The lowest BCUT2D eigenvalue weighted by Crippen LogP contribution is -2.14. The molecule has 0 saturated heterocycles. The van der Waals surface area contributed by atoms with Crippen molar-refractivity contribution >= 4 is 5.91 Å². The number of carbonyl (C=O) groups excluding carboxylic acids is 1. The molecule has 4 heteroatoms. The zero-order chi connectivity index (χ0) is 12.5. The standard InChI is InChI=1S/C14H15N3O/c15-14(18)13-11(8-10-6-7-10)9-17(16-13)12-4-2-1-3-5-12/h1-5,9-10H,6-8H2,(H2,15,18). The van der Waals surface area contributed by atoms with E-state index in [9.17, 15) is 4.79 Å². The van der Waals surface area contributed by atoms with Crippen molar-refractivity contribution in [3.8, 4) is 5.69 Å². The monoisotopic (exact) mass is 241 g/mol. The van der Waals surface area contributed by atoms with Crippen LogP contribution in [0.5, 0.6) is 0 Å². The number of benzene rings is 1. The molecule has 1 aromatic heterocycles. The molecule has 0 atom stereocenters. The number of nitrogens with zero attached hydrogens (tertiary/aromatic N) is 2. The summed E-state index contributed by atoms with van der Waals surface area (Å²) in [5, 5.41) is 4.30. The summed E-state index contributed by atoms with van der Waals surface area (Å²) in [6.45, 7) is 0. The van der Waals surface area contributed by atoms with Gasteiger partial charge in [0.1, 0.15) is 0 Å². The normalized spacial score (nSPS) is 14.7. The number of nitrogens with two attached hydrogens (primary N) is 1. The van der Waals surface area contributed by atoms with Crippen molar-refractivity contribution in [1.29, 1.82) is 0 Å². The minimum Gasteiger partial charge on any atom is -0.364 e. The first kappa shape index (κ1) is 11.0. The van der Waals surface area contributed by atoms with E-state index in [0.717, 1.165) is 17.7 Å². The molecule has 0 bridgehead atoms. The number of rotatable bonds is 4. The zero-order valence-electron chi connectivity index (χ0n) is 10.0. The summed E-state index contributed by atoms with van der Waals surface area (Å²) in [6.07, 6.45) is 5.32. The first-order chi connectivity index (χ1) is 8.74. The Morgan fingerprint density at radius 2 is 2.06 bits per heavy atom. The highest BCUT2D eigenvalue weighted by atomic mass is 16.1. The molecule has 2 N–H and O–H groups in total. The molecule has 1 amide bonds. The Labute approximate surface area is 105 Å². The second-order valence-electron chi connectivity index (χ2n) is 4.79. The van der Waals surface area contributed by atoms with Crippen molar-refractivity contribution in [3.05, 3.63) is 47.8 Å². The van der Waals surface area contributed by atoms with Crippen LogP contribution in [-0.2, 0) is 6.42 Å². The van der Waals surface area contributed by atoms with Gasteiger partial charge in [-0.25, -0.2) is 4.68 Å². The molecule has 1 fully saturated rings. The molecule has 0 aliphatic heterocycles. The minimum atomic E-state index is -0.444. The first-order valence-electron chi connectivity index (χ1n) is 6.18. The van der Waals surface area contributed by atoms with Gasteiger partial charge in [0, 0.05) is 11.8 Å². The number of primary amides is 1. The van der Waals surface area contributed by atoms with Crippen molar-refractivity contribution in [1.82, 2.24) is 9.78 Å². The lowest BCUT2D eigenvalue weighted by Gasteiger charge is -1.98. The number of hydrogen-bond donors (Lipinski definition) is 1. The maximum absolute atomic E-state index is 11.4. The van der Waals surface area contributed by atoms with Gasteiger partial charge in [-0.05, 0) is 37.3 Å². The van der Waals surface area contributed by atoms with Gasteiger partial charge in [-0.2, -0.15) is 5.10 Å². The first-order valence-corrected chi connectivity index (χ1v) is 6.18. The summed E-state index contributed by atoms with van der Waals surface area (Å²) in [6, 6.07) is 9.76. The average molecular weight is 241 g/mol. The van der Waals surface area contributed by atoms with Gasteiger partial charge in [0.15, 0.2) is 5.69 Å².